The van der Waals surface area contributed by atoms with Gasteiger partial charge in [0, 0.05) is 23.7 Å². The molecule has 0 fully saturated rings. The van der Waals surface area contributed by atoms with E-state index in [4.69, 9.17) is 9.62 Å². The van der Waals surface area contributed by atoms with Crippen molar-refractivity contribution in [3.8, 4) is 0 Å². The van der Waals surface area contributed by atoms with Crippen molar-refractivity contribution in [2.45, 2.75) is 62.9 Å². The fourth-order valence-electron chi connectivity index (χ4n) is 4.97. The number of sulfonamides is 1. The van der Waals surface area contributed by atoms with E-state index in [2.05, 4.69) is 10.5 Å². The lowest BCUT2D eigenvalue weighted by atomic mass is 9.97. The number of anilines is 1. The maximum absolute atomic E-state index is 14.8. The van der Waals surface area contributed by atoms with Crippen LogP contribution in [0.15, 0.2) is 20.7 Å². The molecular formula is C21H22FN3O5S. The first-order valence-electron chi connectivity index (χ1n) is 10.4. The van der Waals surface area contributed by atoms with Gasteiger partial charge in [-0.25, -0.2) is 13.9 Å². The lowest BCUT2D eigenvalue weighted by molar-refractivity contribution is 0.256. The van der Waals surface area contributed by atoms with Crippen molar-refractivity contribution in [1.82, 2.24) is 4.72 Å². The summed E-state index contributed by atoms with van der Waals surface area (Å²) in [6.07, 6.45) is 5.85. The van der Waals surface area contributed by atoms with Gasteiger partial charge in [-0.3, -0.25) is 0 Å². The SMILES string of the molecule is O=C(Nc1c2c(c(F)c3c1CCC3)CCC2)NS(=O)(=O)c1cc2c(o1)CCC/C2=N\O. The molecule has 0 atom stereocenters. The molecule has 2 amide bonds. The molecule has 164 valence electrons. The second-order valence-electron chi connectivity index (χ2n) is 8.17. The Labute approximate surface area is 178 Å². The number of hydrogen-bond donors (Lipinski definition) is 3. The minimum atomic E-state index is -4.28. The normalized spacial score (nSPS) is 18.5. The lowest BCUT2D eigenvalue weighted by Gasteiger charge is -2.17. The Morgan fingerprint density at radius 2 is 1.61 bits per heavy atom. The van der Waals surface area contributed by atoms with Gasteiger partial charge in [0.2, 0.25) is 5.09 Å². The third kappa shape index (κ3) is 3.29. The zero-order chi connectivity index (χ0) is 21.8. The second kappa shape index (κ2) is 7.37. The molecule has 2 aromatic rings. The second-order valence-corrected chi connectivity index (χ2v) is 9.79. The molecule has 0 saturated heterocycles. The van der Waals surface area contributed by atoms with Crippen LogP contribution >= 0.6 is 0 Å². The van der Waals surface area contributed by atoms with E-state index in [1.165, 1.54) is 6.07 Å². The van der Waals surface area contributed by atoms with E-state index >= 15 is 0 Å². The zero-order valence-corrected chi connectivity index (χ0v) is 17.6. The van der Waals surface area contributed by atoms with Gasteiger partial charge >= 0.3 is 6.03 Å². The van der Waals surface area contributed by atoms with E-state index in [1.807, 2.05) is 4.72 Å². The fraction of sp³-hybridized carbons (Fsp3) is 0.429. The summed E-state index contributed by atoms with van der Waals surface area (Å²) in [4.78, 5) is 12.6. The molecule has 1 aromatic carbocycles. The topological polar surface area (TPSA) is 121 Å². The van der Waals surface area contributed by atoms with Gasteiger partial charge in [-0.05, 0) is 73.6 Å². The number of halogens is 1. The van der Waals surface area contributed by atoms with E-state index in [0.717, 1.165) is 24.0 Å². The summed E-state index contributed by atoms with van der Waals surface area (Å²) in [6.45, 7) is 0. The van der Waals surface area contributed by atoms with E-state index in [0.29, 0.717) is 78.8 Å². The van der Waals surface area contributed by atoms with Crippen LogP contribution in [0.2, 0.25) is 0 Å². The van der Waals surface area contributed by atoms with Crippen LogP contribution in [0.25, 0.3) is 0 Å². The van der Waals surface area contributed by atoms with Crippen molar-refractivity contribution in [3.63, 3.8) is 0 Å². The Hall–Kier alpha value is -2.88. The number of nitrogens with one attached hydrogen (secondary N) is 2. The molecule has 3 aliphatic rings. The Kier molecular flexibility index (Phi) is 4.76. The van der Waals surface area contributed by atoms with Crippen LogP contribution in [-0.2, 0) is 42.1 Å². The van der Waals surface area contributed by atoms with Crippen molar-refractivity contribution in [1.29, 1.82) is 0 Å². The molecule has 0 spiro atoms. The number of amides is 2. The molecule has 31 heavy (non-hydrogen) atoms. The third-order valence-corrected chi connectivity index (χ3v) is 7.52. The number of hydrogen-bond acceptors (Lipinski definition) is 6. The molecule has 8 nitrogen and oxygen atoms in total. The summed E-state index contributed by atoms with van der Waals surface area (Å²) in [7, 11) is -4.28. The Bertz CT molecular complexity index is 1200. The van der Waals surface area contributed by atoms with E-state index in [9.17, 15) is 17.6 Å². The molecule has 1 heterocycles. The molecule has 3 aliphatic carbocycles. The maximum Gasteiger partial charge on any atom is 0.333 e. The number of aryl methyl sites for hydroxylation is 1. The smallest absolute Gasteiger partial charge is 0.333 e. The van der Waals surface area contributed by atoms with Crippen molar-refractivity contribution in [2.75, 3.05) is 5.32 Å². The third-order valence-electron chi connectivity index (χ3n) is 6.33. The summed E-state index contributed by atoms with van der Waals surface area (Å²) in [5, 5.41) is 14.6. The van der Waals surface area contributed by atoms with Crippen LogP contribution in [0.5, 0.6) is 0 Å². The highest BCUT2D eigenvalue weighted by Crippen LogP contribution is 2.41. The fourth-order valence-corrected chi connectivity index (χ4v) is 5.85. The summed E-state index contributed by atoms with van der Waals surface area (Å²) < 4.78 is 47.7. The van der Waals surface area contributed by atoms with Crippen molar-refractivity contribution in [2.24, 2.45) is 5.16 Å². The number of oxime groups is 1. The Morgan fingerprint density at radius 3 is 2.26 bits per heavy atom. The summed E-state index contributed by atoms with van der Waals surface area (Å²) in [6, 6.07) is 0.354. The predicted molar refractivity (Wildman–Crippen MR) is 110 cm³/mol. The zero-order valence-electron chi connectivity index (χ0n) is 16.8. The van der Waals surface area contributed by atoms with Gasteiger partial charge < -0.3 is 14.9 Å². The van der Waals surface area contributed by atoms with Gasteiger partial charge in [0.1, 0.15) is 11.6 Å². The molecule has 3 N–H and O–H groups in total. The largest absolute Gasteiger partial charge is 0.447 e. The van der Waals surface area contributed by atoms with Crippen LogP contribution in [0, 0.1) is 5.82 Å². The molecule has 5 rings (SSSR count). The van der Waals surface area contributed by atoms with Crippen molar-refractivity contribution >= 4 is 27.5 Å². The minimum absolute atomic E-state index is 0.166. The van der Waals surface area contributed by atoms with Crippen LogP contribution in [0.4, 0.5) is 14.9 Å². The summed E-state index contributed by atoms with van der Waals surface area (Å²) >= 11 is 0. The molecular weight excluding hydrogens is 425 g/mol. The average Bonchev–Trinajstić information content (AvgIpc) is 3.49. The Morgan fingerprint density at radius 1 is 1.00 bits per heavy atom. The van der Waals surface area contributed by atoms with Gasteiger partial charge in [0.25, 0.3) is 10.0 Å². The molecule has 10 heteroatoms. The van der Waals surface area contributed by atoms with Crippen LogP contribution in [-0.4, -0.2) is 25.4 Å². The molecule has 1 aromatic heterocycles. The van der Waals surface area contributed by atoms with E-state index < -0.39 is 21.1 Å². The van der Waals surface area contributed by atoms with Gasteiger partial charge in [-0.2, -0.15) is 8.42 Å². The number of carbonyl (C=O) groups excluding carboxylic acids is 1. The highest BCUT2D eigenvalue weighted by atomic mass is 32.2. The predicted octanol–water partition coefficient (Wildman–Crippen LogP) is 3.42. The maximum atomic E-state index is 14.8. The van der Waals surface area contributed by atoms with Gasteiger partial charge in [-0.1, -0.05) is 5.16 Å². The number of rotatable bonds is 3. The van der Waals surface area contributed by atoms with Crippen LogP contribution < -0.4 is 10.0 Å². The molecule has 0 saturated carbocycles. The van der Waals surface area contributed by atoms with Gasteiger partial charge in [-0.15, -0.1) is 0 Å². The van der Waals surface area contributed by atoms with Gasteiger partial charge in [0.05, 0.1) is 5.71 Å². The van der Waals surface area contributed by atoms with E-state index in [-0.39, 0.29) is 5.82 Å². The molecule has 0 radical (unpaired) electrons. The molecule has 0 aliphatic heterocycles. The standard InChI is InChI=1S/C21H22FN3O5S/c22-19-11-4-1-6-13(11)20(14-7-2-5-12(14)19)23-21(26)25-31(28,29)18-10-15-16(24-27)8-3-9-17(15)30-18/h10,27H,1-9H2,(H2,23,25,26)/b24-16+. The highest BCUT2D eigenvalue weighted by Gasteiger charge is 2.32. The number of carbonyl (C=O) groups is 1. The molecule has 0 bridgehead atoms. The van der Waals surface area contributed by atoms with Crippen molar-refractivity contribution in [3.05, 3.63) is 45.5 Å². The number of furan rings is 1. The lowest BCUT2D eigenvalue weighted by Crippen LogP contribution is -2.34. The molecule has 0 unspecified atom stereocenters. The Balaban J connectivity index is 1.42. The quantitative estimate of drug-likeness (QED) is 0.492. The summed E-state index contributed by atoms with van der Waals surface area (Å²) in [5.41, 5.74) is 4.13. The monoisotopic (exact) mass is 447 g/mol. The highest BCUT2D eigenvalue weighted by molar-refractivity contribution is 7.89. The van der Waals surface area contributed by atoms with Gasteiger partial charge in [0.15, 0.2) is 0 Å². The first kappa shape index (κ1) is 20.0. The number of fused-ring (bicyclic) bond motifs is 3. The van der Waals surface area contributed by atoms with Crippen LogP contribution in [0.3, 0.4) is 0 Å². The van der Waals surface area contributed by atoms with Crippen LogP contribution in [0.1, 0.15) is 59.3 Å². The first-order valence-corrected chi connectivity index (χ1v) is 11.9. The first-order chi connectivity index (χ1) is 14.9. The number of benzene rings is 1. The van der Waals surface area contributed by atoms with Crippen molar-refractivity contribution < 1.29 is 27.2 Å². The minimum Gasteiger partial charge on any atom is -0.447 e. The number of nitrogens with zero attached hydrogens (tertiary/aromatic N) is 1. The summed E-state index contributed by atoms with van der Waals surface area (Å²) in [5.74, 6) is 0.245. The average molecular weight is 447 g/mol. The van der Waals surface area contributed by atoms with E-state index in [1.54, 1.807) is 0 Å². The number of urea groups is 1.